The summed E-state index contributed by atoms with van der Waals surface area (Å²) < 4.78 is 58.0. The van der Waals surface area contributed by atoms with Gasteiger partial charge in [0.05, 0.1) is 10.5 Å². The molecule has 3 aromatic rings. The number of amides is 1. The number of rotatable bonds is 5. The first kappa shape index (κ1) is 23.1. The summed E-state index contributed by atoms with van der Waals surface area (Å²) in [5.74, 6) is 1.06. The number of nitrogens with zero attached hydrogens (tertiary/aromatic N) is 2. The number of halogens is 1. The van der Waals surface area contributed by atoms with Gasteiger partial charge in [0.1, 0.15) is 30.6 Å². The third-order valence-corrected chi connectivity index (χ3v) is 7.75. The first-order chi connectivity index (χ1) is 16.9. The number of hydrogen-bond donors (Lipinski definition) is 0. The maximum absolute atomic E-state index is 13.9. The molecule has 35 heavy (non-hydrogen) atoms. The van der Waals surface area contributed by atoms with E-state index >= 15 is 0 Å². The predicted octanol–water partition coefficient (Wildman–Crippen LogP) is 3.40. The van der Waals surface area contributed by atoms with Gasteiger partial charge in [0.2, 0.25) is 15.9 Å². The number of carbonyl (C=O) groups excluding carboxylic acids is 1. The molecule has 2 aromatic carbocycles. The van der Waals surface area contributed by atoms with Crippen molar-refractivity contribution in [1.29, 1.82) is 0 Å². The van der Waals surface area contributed by atoms with Crippen molar-refractivity contribution in [3.63, 3.8) is 0 Å². The number of benzene rings is 2. The molecule has 0 N–H and O–H groups in total. The van der Waals surface area contributed by atoms with E-state index in [9.17, 15) is 17.6 Å². The Balaban J connectivity index is 1.20. The standard InChI is InChI=1S/C25H23FN2O6S/c26-21-4-2-1-3-20(21)22-8-5-18(34-22)6-10-25(29)27-11-13-28(14-12-27)35(30,31)19-7-9-23-24(17-19)33-16-15-32-23/h1-10,17H,11-16H2/b10-6+. The van der Waals surface area contributed by atoms with Crippen LogP contribution >= 0.6 is 0 Å². The summed E-state index contributed by atoms with van der Waals surface area (Å²) in [6.07, 6.45) is 2.89. The van der Waals surface area contributed by atoms with Crippen LogP contribution in [-0.2, 0) is 14.8 Å². The van der Waals surface area contributed by atoms with E-state index in [0.717, 1.165) is 0 Å². The second-order valence-electron chi connectivity index (χ2n) is 8.05. The Morgan fingerprint density at radius 3 is 2.43 bits per heavy atom. The molecule has 2 aliphatic rings. The average Bonchev–Trinajstić information content (AvgIpc) is 3.36. The lowest BCUT2D eigenvalue weighted by Crippen LogP contribution is -2.50. The Morgan fingerprint density at radius 1 is 0.914 bits per heavy atom. The zero-order chi connectivity index (χ0) is 24.4. The van der Waals surface area contributed by atoms with Crippen LogP contribution in [0.25, 0.3) is 17.4 Å². The van der Waals surface area contributed by atoms with Gasteiger partial charge in [-0.25, -0.2) is 12.8 Å². The van der Waals surface area contributed by atoms with Crippen molar-refractivity contribution in [3.8, 4) is 22.8 Å². The highest BCUT2D eigenvalue weighted by Gasteiger charge is 2.30. The molecule has 1 amide bonds. The number of hydrogen-bond acceptors (Lipinski definition) is 6. The molecule has 0 unspecified atom stereocenters. The van der Waals surface area contributed by atoms with Gasteiger partial charge in [0.25, 0.3) is 0 Å². The zero-order valence-electron chi connectivity index (χ0n) is 18.7. The first-order valence-electron chi connectivity index (χ1n) is 11.1. The van der Waals surface area contributed by atoms with Crippen LogP contribution in [0.1, 0.15) is 5.76 Å². The van der Waals surface area contributed by atoms with Crippen molar-refractivity contribution in [2.75, 3.05) is 39.4 Å². The smallest absolute Gasteiger partial charge is 0.246 e. The summed E-state index contributed by atoms with van der Waals surface area (Å²) in [4.78, 5) is 14.3. The molecule has 0 radical (unpaired) electrons. The van der Waals surface area contributed by atoms with Crippen molar-refractivity contribution >= 4 is 22.0 Å². The van der Waals surface area contributed by atoms with E-state index in [1.54, 1.807) is 41.3 Å². The first-order valence-corrected chi connectivity index (χ1v) is 12.6. The topological polar surface area (TPSA) is 89.3 Å². The normalized spacial score (nSPS) is 16.5. The molecule has 8 nitrogen and oxygen atoms in total. The van der Waals surface area contributed by atoms with Gasteiger partial charge in [0, 0.05) is 38.3 Å². The van der Waals surface area contributed by atoms with Gasteiger partial charge >= 0.3 is 0 Å². The number of furan rings is 1. The van der Waals surface area contributed by atoms with Crippen LogP contribution in [0, 0.1) is 5.82 Å². The van der Waals surface area contributed by atoms with Crippen LogP contribution in [0.2, 0.25) is 0 Å². The van der Waals surface area contributed by atoms with E-state index in [1.807, 2.05) is 0 Å². The van der Waals surface area contributed by atoms with Gasteiger partial charge in [-0.3, -0.25) is 4.79 Å². The molecule has 0 atom stereocenters. The van der Waals surface area contributed by atoms with Crippen LogP contribution in [0.4, 0.5) is 4.39 Å². The molecule has 182 valence electrons. The van der Waals surface area contributed by atoms with Crippen molar-refractivity contribution in [3.05, 3.63) is 72.3 Å². The number of fused-ring (bicyclic) bond motifs is 1. The quantitative estimate of drug-likeness (QED) is 0.501. The predicted molar refractivity (Wildman–Crippen MR) is 126 cm³/mol. The Bertz CT molecular complexity index is 1380. The Labute approximate surface area is 202 Å². The van der Waals surface area contributed by atoms with Crippen LogP contribution in [-0.4, -0.2) is 62.9 Å². The monoisotopic (exact) mass is 498 g/mol. The highest BCUT2D eigenvalue weighted by atomic mass is 32.2. The molecule has 1 fully saturated rings. The second kappa shape index (κ2) is 9.55. The highest BCUT2D eigenvalue weighted by Crippen LogP contribution is 2.33. The molecule has 1 saturated heterocycles. The number of carbonyl (C=O) groups is 1. The van der Waals surface area contributed by atoms with Crippen molar-refractivity contribution in [2.24, 2.45) is 0 Å². The summed E-state index contributed by atoms with van der Waals surface area (Å²) in [6, 6.07) is 14.2. The van der Waals surface area contributed by atoms with Gasteiger partial charge in [0.15, 0.2) is 11.5 Å². The summed E-state index contributed by atoms with van der Waals surface area (Å²) in [5, 5.41) is 0. The minimum atomic E-state index is -3.73. The lowest BCUT2D eigenvalue weighted by Gasteiger charge is -2.33. The average molecular weight is 499 g/mol. The van der Waals surface area contributed by atoms with Gasteiger partial charge in [-0.1, -0.05) is 12.1 Å². The summed E-state index contributed by atoms with van der Waals surface area (Å²) in [5.41, 5.74) is 0.342. The number of piperazine rings is 1. The lowest BCUT2D eigenvalue weighted by atomic mass is 10.1. The third kappa shape index (κ3) is 4.80. The second-order valence-corrected chi connectivity index (χ2v) is 9.99. The molecular formula is C25H23FN2O6S. The SMILES string of the molecule is O=C(/C=C/c1ccc(-c2ccccc2F)o1)N1CCN(S(=O)(=O)c2ccc3c(c2)OCCO3)CC1. The molecule has 3 heterocycles. The number of ether oxygens (including phenoxy) is 2. The Kier molecular flexibility index (Phi) is 6.31. The van der Waals surface area contributed by atoms with Crippen molar-refractivity contribution in [1.82, 2.24) is 9.21 Å². The minimum absolute atomic E-state index is 0.130. The Hall–Kier alpha value is -3.63. The molecule has 5 rings (SSSR count). The van der Waals surface area contributed by atoms with E-state index < -0.39 is 15.8 Å². The van der Waals surface area contributed by atoms with Crippen LogP contribution in [0.15, 0.2) is 70.0 Å². The number of sulfonamides is 1. The lowest BCUT2D eigenvalue weighted by molar-refractivity contribution is -0.127. The fourth-order valence-electron chi connectivity index (χ4n) is 3.99. The van der Waals surface area contributed by atoms with Gasteiger partial charge in [-0.05, 0) is 42.5 Å². The van der Waals surface area contributed by atoms with E-state index in [1.165, 1.54) is 34.7 Å². The molecule has 0 aliphatic carbocycles. The summed E-state index contributed by atoms with van der Waals surface area (Å²) in [7, 11) is -3.73. The van der Waals surface area contributed by atoms with Crippen LogP contribution in [0.5, 0.6) is 11.5 Å². The zero-order valence-corrected chi connectivity index (χ0v) is 19.5. The van der Waals surface area contributed by atoms with Crippen molar-refractivity contribution < 1.29 is 31.5 Å². The van der Waals surface area contributed by atoms with E-state index in [-0.39, 0.29) is 37.0 Å². The molecule has 0 saturated carbocycles. The van der Waals surface area contributed by atoms with Gasteiger partial charge in [-0.2, -0.15) is 4.31 Å². The van der Waals surface area contributed by atoms with E-state index in [0.29, 0.717) is 41.8 Å². The highest BCUT2D eigenvalue weighted by molar-refractivity contribution is 7.89. The summed E-state index contributed by atoms with van der Waals surface area (Å²) >= 11 is 0. The molecule has 1 aromatic heterocycles. The largest absolute Gasteiger partial charge is 0.486 e. The van der Waals surface area contributed by atoms with E-state index in [4.69, 9.17) is 13.9 Å². The molecule has 10 heteroatoms. The Morgan fingerprint density at radius 2 is 1.66 bits per heavy atom. The molecule has 2 aliphatic heterocycles. The fraction of sp³-hybridized carbons (Fsp3) is 0.240. The van der Waals surface area contributed by atoms with Crippen molar-refractivity contribution in [2.45, 2.75) is 4.90 Å². The van der Waals surface area contributed by atoms with E-state index in [2.05, 4.69) is 0 Å². The molecular weight excluding hydrogens is 475 g/mol. The van der Waals surface area contributed by atoms with Crippen LogP contribution in [0.3, 0.4) is 0 Å². The molecule has 0 bridgehead atoms. The minimum Gasteiger partial charge on any atom is -0.486 e. The fourth-order valence-corrected chi connectivity index (χ4v) is 5.43. The van der Waals surface area contributed by atoms with Gasteiger partial charge < -0.3 is 18.8 Å². The maximum Gasteiger partial charge on any atom is 0.246 e. The van der Waals surface area contributed by atoms with Gasteiger partial charge in [-0.15, -0.1) is 0 Å². The third-order valence-electron chi connectivity index (χ3n) is 5.86. The molecule has 0 spiro atoms. The maximum atomic E-state index is 13.9. The summed E-state index contributed by atoms with van der Waals surface area (Å²) in [6.45, 7) is 1.66. The van der Waals surface area contributed by atoms with Crippen LogP contribution < -0.4 is 9.47 Å².